The van der Waals surface area contributed by atoms with Crippen molar-refractivity contribution in [3.63, 3.8) is 0 Å². The Hall–Kier alpha value is -2.30. The fourth-order valence-corrected chi connectivity index (χ4v) is 3.68. The number of carbonyl (C=O) groups is 1. The third-order valence-electron chi connectivity index (χ3n) is 4.18. The molecule has 4 heteroatoms. The van der Waals surface area contributed by atoms with Gasteiger partial charge in [0.05, 0.1) is 11.8 Å². The zero-order valence-corrected chi connectivity index (χ0v) is 16.0. The minimum absolute atomic E-state index is 0.00379. The van der Waals surface area contributed by atoms with E-state index < -0.39 is 0 Å². The average Bonchev–Trinajstić information content (AvgIpc) is 2.66. The van der Waals surface area contributed by atoms with Crippen LogP contribution in [0, 0.1) is 0 Å². The lowest BCUT2D eigenvalue weighted by atomic mass is 10.1. The van der Waals surface area contributed by atoms with E-state index in [2.05, 4.69) is 52.7 Å². The molecule has 26 heavy (non-hydrogen) atoms. The minimum Gasteiger partial charge on any atom is -0.347 e. The first-order chi connectivity index (χ1) is 12.6. The van der Waals surface area contributed by atoms with Crippen LogP contribution in [0.3, 0.4) is 0 Å². The SMILES string of the molecule is CN(C)C[C@@H](NC(=O)CSc1ccc2ccccc2c1)c1ccccc1. The minimum atomic E-state index is -0.00379. The van der Waals surface area contributed by atoms with Crippen molar-refractivity contribution in [3.8, 4) is 0 Å². The van der Waals surface area contributed by atoms with Gasteiger partial charge in [-0.3, -0.25) is 4.79 Å². The third kappa shape index (κ3) is 5.10. The Kier molecular flexibility index (Phi) is 6.31. The van der Waals surface area contributed by atoms with Gasteiger partial charge in [0.25, 0.3) is 0 Å². The van der Waals surface area contributed by atoms with Crippen molar-refractivity contribution in [2.75, 3.05) is 26.4 Å². The number of hydrogen-bond acceptors (Lipinski definition) is 3. The van der Waals surface area contributed by atoms with Crippen LogP contribution in [0.5, 0.6) is 0 Å². The summed E-state index contributed by atoms with van der Waals surface area (Å²) >= 11 is 1.57. The van der Waals surface area contributed by atoms with Crippen LogP contribution in [0.1, 0.15) is 11.6 Å². The molecule has 0 aromatic heterocycles. The first kappa shape index (κ1) is 18.5. The predicted molar refractivity (Wildman–Crippen MR) is 111 cm³/mol. The summed E-state index contributed by atoms with van der Waals surface area (Å²) in [4.78, 5) is 15.7. The fourth-order valence-electron chi connectivity index (χ4n) is 2.93. The van der Waals surface area contributed by atoms with Gasteiger partial charge in [0.1, 0.15) is 0 Å². The summed E-state index contributed by atoms with van der Waals surface area (Å²) in [6, 6.07) is 24.7. The Morgan fingerprint density at radius 2 is 1.65 bits per heavy atom. The van der Waals surface area contributed by atoms with Crippen LogP contribution in [-0.4, -0.2) is 37.2 Å². The number of fused-ring (bicyclic) bond motifs is 1. The van der Waals surface area contributed by atoms with E-state index in [0.717, 1.165) is 17.0 Å². The molecule has 3 aromatic rings. The Morgan fingerprint density at radius 3 is 2.38 bits per heavy atom. The van der Waals surface area contributed by atoms with Gasteiger partial charge >= 0.3 is 0 Å². The molecule has 0 radical (unpaired) electrons. The van der Waals surface area contributed by atoms with Gasteiger partial charge in [-0.15, -0.1) is 11.8 Å². The van der Waals surface area contributed by atoms with E-state index in [1.54, 1.807) is 11.8 Å². The van der Waals surface area contributed by atoms with Gasteiger partial charge in [0.15, 0.2) is 0 Å². The first-order valence-corrected chi connectivity index (χ1v) is 9.71. The number of benzene rings is 3. The molecule has 0 saturated carbocycles. The fraction of sp³-hybridized carbons (Fsp3) is 0.227. The molecule has 1 atom stereocenters. The summed E-state index contributed by atoms with van der Waals surface area (Å²) in [7, 11) is 4.04. The summed E-state index contributed by atoms with van der Waals surface area (Å²) < 4.78 is 0. The number of carbonyl (C=O) groups excluding carboxylic acids is 1. The number of likely N-dealkylation sites (N-methyl/N-ethyl adjacent to an activating group) is 1. The number of hydrogen-bond donors (Lipinski definition) is 1. The zero-order valence-electron chi connectivity index (χ0n) is 15.2. The smallest absolute Gasteiger partial charge is 0.230 e. The molecule has 3 aromatic carbocycles. The van der Waals surface area contributed by atoms with Gasteiger partial charge < -0.3 is 10.2 Å². The van der Waals surface area contributed by atoms with Gasteiger partial charge in [-0.2, -0.15) is 0 Å². The van der Waals surface area contributed by atoms with Gasteiger partial charge in [-0.05, 0) is 42.6 Å². The molecular weight excluding hydrogens is 340 g/mol. The van der Waals surface area contributed by atoms with E-state index in [-0.39, 0.29) is 11.9 Å². The van der Waals surface area contributed by atoms with E-state index >= 15 is 0 Å². The topological polar surface area (TPSA) is 32.3 Å². The molecule has 0 spiro atoms. The summed E-state index contributed by atoms with van der Waals surface area (Å²) in [6.07, 6.45) is 0. The summed E-state index contributed by atoms with van der Waals surface area (Å²) in [5.74, 6) is 0.466. The van der Waals surface area contributed by atoms with Crippen LogP contribution in [0.25, 0.3) is 10.8 Å². The van der Waals surface area contributed by atoms with Crippen LogP contribution in [0.15, 0.2) is 77.7 Å². The standard InChI is InChI=1S/C22H24N2OS/c1-24(2)15-21(18-9-4-3-5-10-18)23-22(25)16-26-20-13-12-17-8-6-7-11-19(17)14-20/h3-14,21H,15-16H2,1-2H3,(H,23,25)/t21-/m1/s1. The molecule has 0 aliphatic rings. The molecule has 134 valence electrons. The molecule has 0 aliphatic heterocycles. The average molecular weight is 365 g/mol. The number of thioether (sulfide) groups is 1. The van der Waals surface area contributed by atoms with Gasteiger partial charge in [0, 0.05) is 11.4 Å². The van der Waals surface area contributed by atoms with Crippen LogP contribution in [0.2, 0.25) is 0 Å². The molecule has 0 unspecified atom stereocenters. The van der Waals surface area contributed by atoms with E-state index in [4.69, 9.17) is 0 Å². The third-order valence-corrected chi connectivity index (χ3v) is 5.17. The van der Waals surface area contributed by atoms with Crippen LogP contribution in [-0.2, 0) is 4.79 Å². The lowest BCUT2D eigenvalue weighted by molar-refractivity contribution is -0.119. The molecule has 1 amide bonds. The molecule has 3 nitrogen and oxygen atoms in total. The van der Waals surface area contributed by atoms with Crippen LogP contribution >= 0.6 is 11.8 Å². The molecule has 3 rings (SSSR count). The van der Waals surface area contributed by atoms with E-state index in [9.17, 15) is 4.79 Å². The van der Waals surface area contributed by atoms with Crippen molar-refractivity contribution in [1.29, 1.82) is 0 Å². The molecule has 0 heterocycles. The Balaban J connectivity index is 1.62. The molecule has 0 saturated heterocycles. The summed E-state index contributed by atoms with van der Waals surface area (Å²) in [5, 5.41) is 5.59. The van der Waals surface area contributed by atoms with Crippen molar-refractivity contribution in [2.45, 2.75) is 10.9 Å². The number of rotatable bonds is 7. The highest BCUT2D eigenvalue weighted by Crippen LogP contribution is 2.23. The summed E-state index contributed by atoms with van der Waals surface area (Å²) in [5.41, 5.74) is 1.13. The van der Waals surface area contributed by atoms with Crippen molar-refractivity contribution >= 4 is 28.4 Å². The monoisotopic (exact) mass is 364 g/mol. The first-order valence-electron chi connectivity index (χ1n) is 8.72. The van der Waals surface area contributed by atoms with Crippen LogP contribution in [0.4, 0.5) is 0 Å². The zero-order chi connectivity index (χ0) is 18.4. The molecule has 0 bridgehead atoms. The number of amides is 1. The number of nitrogens with one attached hydrogen (secondary N) is 1. The summed E-state index contributed by atoms with van der Waals surface area (Å²) in [6.45, 7) is 0.774. The maximum Gasteiger partial charge on any atom is 0.230 e. The highest BCUT2D eigenvalue weighted by atomic mass is 32.2. The van der Waals surface area contributed by atoms with Crippen molar-refractivity contribution < 1.29 is 4.79 Å². The van der Waals surface area contributed by atoms with Crippen LogP contribution < -0.4 is 5.32 Å². The van der Waals surface area contributed by atoms with Gasteiger partial charge in [-0.25, -0.2) is 0 Å². The molecule has 1 N–H and O–H groups in total. The van der Waals surface area contributed by atoms with Crippen molar-refractivity contribution in [1.82, 2.24) is 10.2 Å². The van der Waals surface area contributed by atoms with Gasteiger partial charge in [0.2, 0.25) is 5.91 Å². The lowest BCUT2D eigenvalue weighted by Gasteiger charge is -2.22. The number of nitrogens with zero attached hydrogens (tertiary/aromatic N) is 1. The Bertz CT molecular complexity index is 864. The molecular formula is C22H24N2OS. The van der Waals surface area contributed by atoms with E-state index in [0.29, 0.717) is 5.75 Å². The van der Waals surface area contributed by atoms with Crippen molar-refractivity contribution in [2.24, 2.45) is 0 Å². The molecule has 0 fully saturated rings. The predicted octanol–water partition coefficient (Wildman–Crippen LogP) is 4.35. The second-order valence-corrected chi connectivity index (χ2v) is 7.64. The lowest BCUT2D eigenvalue weighted by Crippen LogP contribution is -2.36. The van der Waals surface area contributed by atoms with Crippen molar-refractivity contribution in [3.05, 3.63) is 78.4 Å². The molecule has 0 aliphatic carbocycles. The second-order valence-electron chi connectivity index (χ2n) is 6.59. The maximum atomic E-state index is 12.5. The Labute approximate surface area is 159 Å². The highest BCUT2D eigenvalue weighted by molar-refractivity contribution is 8.00. The second kappa shape index (κ2) is 8.88. The highest BCUT2D eigenvalue weighted by Gasteiger charge is 2.15. The normalized spacial score (nSPS) is 12.3. The quantitative estimate of drug-likeness (QED) is 0.633. The maximum absolute atomic E-state index is 12.5. The largest absolute Gasteiger partial charge is 0.347 e. The van der Waals surface area contributed by atoms with E-state index in [1.165, 1.54) is 10.8 Å². The Morgan fingerprint density at radius 1 is 0.962 bits per heavy atom. The van der Waals surface area contributed by atoms with E-state index in [1.807, 2.05) is 44.4 Å². The van der Waals surface area contributed by atoms with Gasteiger partial charge in [-0.1, -0.05) is 60.7 Å².